The molecule has 33 heavy (non-hydrogen) atoms. The van der Waals surface area contributed by atoms with Gasteiger partial charge in [-0.2, -0.15) is 5.26 Å². The fourth-order valence-corrected chi connectivity index (χ4v) is 5.49. The summed E-state index contributed by atoms with van der Waals surface area (Å²) in [4.78, 5) is 26.8. The van der Waals surface area contributed by atoms with Crippen LogP contribution in [0.1, 0.15) is 40.5 Å². The lowest BCUT2D eigenvalue weighted by Gasteiger charge is -2.26. The van der Waals surface area contributed by atoms with Crippen LogP contribution in [-0.2, 0) is 32.8 Å². The van der Waals surface area contributed by atoms with Crippen LogP contribution >= 0.6 is 11.3 Å². The van der Waals surface area contributed by atoms with Crippen LogP contribution in [0.15, 0.2) is 60.7 Å². The zero-order valence-electron chi connectivity index (χ0n) is 18.2. The molecule has 0 fully saturated rings. The van der Waals surface area contributed by atoms with E-state index in [1.807, 2.05) is 0 Å². The maximum absolute atomic E-state index is 13.0. The van der Waals surface area contributed by atoms with E-state index in [2.05, 4.69) is 18.3 Å². The molecule has 1 atom stereocenters. The highest BCUT2D eigenvalue weighted by Crippen LogP contribution is 2.39. The van der Waals surface area contributed by atoms with Crippen LogP contribution in [0.3, 0.4) is 0 Å². The van der Waals surface area contributed by atoms with Gasteiger partial charge in [0.2, 0.25) is 5.60 Å². The van der Waals surface area contributed by atoms with Crippen LogP contribution in [0.25, 0.3) is 0 Å². The topological polar surface area (TPSA) is 99.4 Å². The Bertz CT molecular complexity index is 1160. The summed E-state index contributed by atoms with van der Waals surface area (Å²) in [7, 11) is 0. The molecule has 1 aromatic heterocycles. The second kappa shape index (κ2) is 9.57. The number of thiophene rings is 1. The average Bonchev–Trinajstić information content (AvgIpc) is 3.18. The minimum absolute atomic E-state index is 0.341. The summed E-state index contributed by atoms with van der Waals surface area (Å²) >= 11 is 1.41. The van der Waals surface area contributed by atoms with Crippen LogP contribution in [-0.4, -0.2) is 23.6 Å². The Morgan fingerprint density at radius 2 is 1.76 bits per heavy atom. The lowest BCUT2D eigenvalue weighted by atomic mass is 9.86. The Labute approximate surface area is 196 Å². The van der Waals surface area contributed by atoms with E-state index in [4.69, 9.17) is 4.74 Å². The quantitative estimate of drug-likeness (QED) is 0.538. The van der Waals surface area contributed by atoms with E-state index in [-0.39, 0.29) is 0 Å². The number of carbonyl (C=O) groups excluding carboxylic acids is 2. The minimum atomic E-state index is -2.06. The number of nitrogens with zero attached hydrogens (tertiary/aromatic N) is 1. The van der Waals surface area contributed by atoms with Crippen molar-refractivity contribution < 1.29 is 19.4 Å². The van der Waals surface area contributed by atoms with E-state index in [9.17, 15) is 20.0 Å². The number of rotatable bonds is 6. The van der Waals surface area contributed by atoms with Gasteiger partial charge in [-0.3, -0.25) is 4.79 Å². The molecule has 0 saturated heterocycles. The maximum Gasteiger partial charge on any atom is 0.348 e. The predicted molar refractivity (Wildman–Crippen MR) is 126 cm³/mol. The first kappa shape index (κ1) is 22.7. The van der Waals surface area contributed by atoms with Gasteiger partial charge in [-0.05, 0) is 41.9 Å². The molecule has 6 nitrogen and oxygen atoms in total. The van der Waals surface area contributed by atoms with Crippen molar-refractivity contribution in [1.82, 2.24) is 0 Å². The molecule has 4 rings (SSSR count). The van der Waals surface area contributed by atoms with Crippen LogP contribution in [0.2, 0.25) is 0 Å². The number of amides is 1. The zero-order valence-corrected chi connectivity index (χ0v) is 19.0. The number of fused-ring (bicyclic) bond motifs is 1. The van der Waals surface area contributed by atoms with Crippen molar-refractivity contribution in [3.8, 4) is 6.07 Å². The van der Waals surface area contributed by atoms with E-state index in [0.29, 0.717) is 27.6 Å². The number of nitrogens with one attached hydrogen (secondary N) is 1. The molecule has 0 unspecified atom stereocenters. The Hall–Kier alpha value is -3.47. The van der Waals surface area contributed by atoms with Crippen molar-refractivity contribution in [2.24, 2.45) is 5.92 Å². The summed E-state index contributed by atoms with van der Waals surface area (Å²) in [6.45, 7) is 1.59. The lowest BCUT2D eigenvalue weighted by Crippen LogP contribution is -2.39. The molecule has 7 heteroatoms. The standard InChI is InChI=1S/C26H24N2O4S/c1-17-12-13-20-21(15-27)24(33-22(20)14-17)28-23(29)16-32-25(30)26(31,18-8-4-2-5-9-18)19-10-6-3-7-11-19/h2-11,17,31H,12-14,16H2,1H3,(H,28,29)/t17-/m0/s1. The van der Waals surface area contributed by atoms with E-state index in [1.165, 1.54) is 11.3 Å². The molecule has 168 valence electrons. The van der Waals surface area contributed by atoms with Crippen LogP contribution < -0.4 is 5.32 Å². The molecule has 0 aliphatic heterocycles. The Balaban J connectivity index is 1.50. The van der Waals surface area contributed by atoms with Crippen molar-refractivity contribution >= 4 is 28.2 Å². The molecule has 1 aliphatic rings. The number of hydrogen-bond donors (Lipinski definition) is 2. The van der Waals surface area contributed by atoms with Crippen molar-refractivity contribution in [1.29, 1.82) is 5.26 Å². The number of hydrogen-bond acceptors (Lipinski definition) is 6. The van der Waals surface area contributed by atoms with Crippen molar-refractivity contribution in [3.63, 3.8) is 0 Å². The number of ether oxygens (including phenoxy) is 1. The molecule has 2 aromatic carbocycles. The Morgan fingerprint density at radius 1 is 1.15 bits per heavy atom. The molecular weight excluding hydrogens is 436 g/mol. The van der Waals surface area contributed by atoms with E-state index < -0.39 is 24.1 Å². The van der Waals surface area contributed by atoms with Crippen LogP contribution in [0.4, 0.5) is 5.00 Å². The van der Waals surface area contributed by atoms with Crippen LogP contribution in [0.5, 0.6) is 0 Å². The number of anilines is 1. The van der Waals surface area contributed by atoms with Crippen molar-refractivity contribution in [2.75, 3.05) is 11.9 Å². The summed E-state index contributed by atoms with van der Waals surface area (Å²) in [5.74, 6) is -0.967. The SMILES string of the molecule is C[C@H]1CCc2c(sc(NC(=O)COC(=O)C(O)(c3ccccc3)c3ccccc3)c2C#N)C1. The normalized spacial score (nSPS) is 15.2. The number of carbonyl (C=O) groups is 2. The van der Waals surface area contributed by atoms with E-state index in [0.717, 1.165) is 29.7 Å². The zero-order chi connectivity index (χ0) is 23.4. The third-order valence-electron chi connectivity index (χ3n) is 5.89. The third-order valence-corrected chi connectivity index (χ3v) is 7.06. The second-order valence-electron chi connectivity index (χ2n) is 8.23. The molecular formula is C26H24N2O4S. The van der Waals surface area contributed by atoms with Crippen molar-refractivity contribution in [3.05, 3.63) is 87.8 Å². The van der Waals surface area contributed by atoms with Gasteiger partial charge in [-0.1, -0.05) is 67.6 Å². The van der Waals surface area contributed by atoms with Gasteiger partial charge >= 0.3 is 5.97 Å². The Kier molecular flexibility index (Phi) is 6.59. The largest absolute Gasteiger partial charge is 0.453 e. The minimum Gasteiger partial charge on any atom is -0.453 e. The maximum atomic E-state index is 13.0. The first-order valence-electron chi connectivity index (χ1n) is 10.8. The molecule has 1 heterocycles. The van der Waals surface area contributed by atoms with Gasteiger partial charge in [0.15, 0.2) is 6.61 Å². The fraction of sp³-hybridized carbons (Fsp3) is 0.269. The van der Waals surface area contributed by atoms with Gasteiger partial charge in [0, 0.05) is 4.88 Å². The highest BCUT2D eigenvalue weighted by Gasteiger charge is 2.42. The molecule has 3 aromatic rings. The van der Waals surface area contributed by atoms with E-state index >= 15 is 0 Å². The summed E-state index contributed by atoms with van der Waals surface area (Å²) in [6, 6.07) is 19.1. The summed E-state index contributed by atoms with van der Waals surface area (Å²) in [5, 5.41) is 24.2. The first-order valence-corrected chi connectivity index (χ1v) is 11.6. The molecule has 0 saturated carbocycles. The molecule has 0 spiro atoms. The van der Waals surface area contributed by atoms with Crippen molar-refractivity contribution in [2.45, 2.75) is 31.8 Å². The molecule has 0 radical (unpaired) electrons. The van der Waals surface area contributed by atoms with Gasteiger partial charge in [-0.25, -0.2) is 4.79 Å². The highest BCUT2D eigenvalue weighted by atomic mass is 32.1. The molecule has 1 aliphatic carbocycles. The van der Waals surface area contributed by atoms with E-state index in [1.54, 1.807) is 60.7 Å². The number of esters is 1. The number of nitriles is 1. The second-order valence-corrected chi connectivity index (χ2v) is 9.34. The first-order chi connectivity index (χ1) is 15.9. The predicted octanol–water partition coefficient (Wildman–Crippen LogP) is 4.16. The molecule has 1 amide bonds. The fourth-order valence-electron chi connectivity index (χ4n) is 4.12. The lowest BCUT2D eigenvalue weighted by molar-refractivity contribution is -0.163. The highest BCUT2D eigenvalue weighted by molar-refractivity contribution is 7.16. The van der Waals surface area contributed by atoms with Gasteiger partial charge < -0.3 is 15.2 Å². The number of benzene rings is 2. The summed E-state index contributed by atoms with van der Waals surface area (Å²) in [5.41, 5.74) is 0.127. The smallest absolute Gasteiger partial charge is 0.348 e. The third kappa shape index (κ3) is 4.54. The molecule has 2 N–H and O–H groups in total. The monoisotopic (exact) mass is 460 g/mol. The van der Waals surface area contributed by atoms with Gasteiger partial charge in [0.25, 0.3) is 5.91 Å². The van der Waals surface area contributed by atoms with Crippen LogP contribution in [0, 0.1) is 17.2 Å². The summed E-state index contributed by atoms with van der Waals surface area (Å²) in [6.07, 6.45) is 2.73. The van der Waals surface area contributed by atoms with Gasteiger partial charge in [0.05, 0.1) is 5.56 Å². The number of aliphatic hydroxyl groups is 1. The van der Waals surface area contributed by atoms with Gasteiger partial charge in [-0.15, -0.1) is 11.3 Å². The summed E-state index contributed by atoms with van der Waals surface area (Å²) < 4.78 is 5.26. The average molecular weight is 461 g/mol. The Morgan fingerprint density at radius 3 is 2.33 bits per heavy atom. The van der Waals surface area contributed by atoms with Gasteiger partial charge in [0.1, 0.15) is 11.1 Å². The molecule has 0 bridgehead atoms.